The van der Waals surface area contributed by atoms with Crippen LogP contribution in [0.3, 0.4) is 0 Å². The van der Waals surface area contributed by atoms with Crippen LogP contribution >= 0.6 is 0 Å². The van der Waals surface area contributed by atoms with Crippen LogP contribution in [-0.4, -0.2) is 66.3 Å². The summed E-state index contributed by atoms with van der Waals surface area (Å²) in [5.41, 5.74) is 1.29. The van der Waals surface area contributed by atoms with E-state index in [9.17, 15) is 18.0 Å². The number of aromatic nitrogens is 1. The van der Waals surface area contributed by atoms with Crippen LogP contribution in [0.15, 0.2) is 12.3 Å². The second kappa shape index (κ2) is 7.25. The predicted octanol–water partition coefficient (Wildman–Crippen LogP) is 2.50. The van der Waals surface area contributed by atoms with Crippen molar-refractivity contribution in [2.75, 3.05) is 38.6 Å². The highest BCUT2D eigenvalue weighted by Crippen LogP contribution is 2.26. The van der Waals surface area contributed by atoms with Crippen molar-refractivity contribution in [3.63, 3.8) is 0 Å². The molecule has 1 aromatic heterocycles. The van der Waals surface area contributed by atoms with Crippen LogP contribution in [-0.2, 0) is 0 Å². The smallest absolute Gasteiger partial charge is 0.403 e. The van der Waals surface area contributed by atoms with Crippen LogP contribution in [0, 0.1) is 6.92 Å². The van der Waals surface area contributed by atoms with Gasteiger partial charge in [-0.15, -0.1) is 0 Å². The number of amides is 2. The minimum absolute atomic E-state index is 0.178. The zero-order valence-corrected chi connectivity index (χ0v) is 13.9. The van der Waals surface area contributed by atoms with E-state index in [0.717, 1.165) is 12.5 Å². The zero-order valence-electron chi connectivity index (χ0n) is 13.9. The number of nitrogens with one attached hydrogen (secondary N) is 1. The van der Waals surface area contributed by atoms with Crippen LogP contribution in [0.5, 0.6) is 5.88 Å². The first-order chi connectivity index (χ1) is 11.2. The van der Waals surface area contributed by atoms with Crippen LogP contribution in [0.1, 0.15) is 12.5 Å². The number of nitrogens with zero attached hydrogens (tertiary/aromatic N) is 3. The summed E-state index contributed by atoms with van der Waals surface area (Å²) in [6.07, 6.45) is -2.64. The Morgan fingerprint density at radius 1 is 1.33 bits per heavy atom. The summed E-state index contributed by atoms with van der Waals surface area (Å²) in [7, 11) is 1.45. The molecule has 1 saturated heterocycles. The van der Waals surface area contributed by atoms with Gasteiger partial charge < -0.3 is 15.0 Å². The van der Waals surface area contributed by atoms with Crippen molar-refractivity contribution in [2.45, 2.75) is 26.1 Å². The Morgan fingerprint density at radius 3 is 2.50 bits per heavy atom. The molecule has 1 N–H and O–H groups in total. The number of urea groups is 1. The van der Waals surface area contributed by atoms with Crippen molar-refractivity contribution in [2.24, 2.45) is 0 Å². The molecule has 0 aromatic carbocycles. The fraction of sp³-hybridized carbons (Fsp3) is 0.600. The second-order valence-corrected chi connectivity index (χ2v) is 5.74. The molecule has 1 aliphatic heterocycles. The van der Waals surface area contributed by atoms with Gasteiger partial charge in [0.1, 0.15) is 11.7 Å². The maximum Gasteiger partial charge on any atom is 0.403 e. The predicted molar refractivity (Wildman–Crippen MR) is 83.2 cm³/mol. The summed E-state index contributed by atoms with van der Waals surface area (Å²) in [4.78, 5) is 19.2. The average Bonchev–Trinajstić information content (AvgIpc) is 2.53. The molecular weight excluding hydrogens is 325 g/mol. The van der Waals surface area contributed by atoms with Gasteiger partial charge in [-0.3, -0.25) is 4.90 Å². The van der Waals surface area contributed by atoms with Crippen molar-refractivity contribution >= 4 is 11.7 Å². The third-order valence-corrected chi connectivity index (χ3v) is 4.05. The third-order valence-electron chi connectivity index (χ3n) is 4.05. The minimum atomic E-state index is -4.26. The lowest BCUT2D eigenvalue weighted by Crippen LogP contribution is -2.55. The van der Waals surface area contributed by atoms with Crippen LogP contribution < -0.4 is 10.1 Å². The molecule has 1 aromatic rings. The molecule has 24 heavy (non-hydrogen) atoms. The van der Waals surface area contributed by atoms with Gasteiger partial charge in [-0.1, -0.05) is 0 Å². The van der Waals surface area contributed by atoms with Crippen molar-refractivity contribution in [1.29, 1.82) is 0 Å². The fourth-order valence-electron chi connectivity index (χ4n) is 2.52. The Hall–Kier alpha value is -2.03. The number of hydrogen-bond acceptors (Lipinski definition) is 4. The summed E-state index contributed by atoms with van der Waals surface area (Å²) in [6.45, 7) is 3.79. The summed E-state index contributed by atoms with van der Waals surface area (Å²) in [6, 6.07) is -0.157. The molecule has 2 amide bonds. The van der Waals surface area contributed by atoms with E-state index in [-0.39, 0.29) is 32.2 Å². The molecule has 6 nitrogen and oxygen atoms in total. The summed E-state index contributed by atoms with van der Waals surface area (Å²) < 4.78 is 43.3. The standard InChI is InChI=1S/C15H21F3N4O2/c1-10-8-12(13(24-3)19-9-10)20-14(23)22-6-4-21(5-7-22)11(2)15(16,17)18/h8-9,11H,4-7H2,1-3H3,(H,20,23). The van der Waals surface area contributed by atoms with Gasteiger partial charge in [0.05, 0.1) is 7.11 Å². The lowest BCUT2D eigenvalue weighted by atomic mass is 10.2. The van der Waals surface area contributed by atoms with Crippen molar-refractivity contribution in [3.8, 4) is 5.88 Å². The van der Waals surface area contributed by atoms with E-state index in [1.807, 2.05) is 6.92 Å². The van der Waals surface area contributed by atoms with E-state index >= 15 is 0 Å². The van der Waals surface area contributed by atoms with Gasteiger partial charge in [-0.25, -0.2) is 9.78 Å². The number of piperazine rings is 1. The fourth-order valence-corrected chi connectivity index (χ4v) is 2.52. The van der Waals surface area contributed by atoms with Gasteiger partial charge in [0.25, 0.3) is 0 Å². The largest absolute Gasteiger partial charge is 0.480 e. The molecule has 9 heteroatoms. The molecule has 0 bridgehead atoms. The van der Waals surface area contributed by atoms with E-state index in [1.165, 1.54) is 16.9 Å². The van der Waals surface area contributed by atoms with Crippen molar-refractivity contribution < 1.29 is 22.7 Å². The van der Waals surface area contributed by atoms with Gasteiger partial charge >= 0.3 is 12.2 Å². The lowest BCUT2D eigenvalue weighted by molar-refractivity contribution is -0.181. The normalized spacial score (nSPS) is 17.5. The number of alkyl halides is 3. The van der Waals surface area contributed by atoms with Gasteiger partial charge in [0.15, 0.2) is 0 Å². The molecule has 2 rings (SSSR count). The van der Waals surface area contributed by atoms with E-state index in [1.54, 1.807) is 12.3 Å². The van der Waals surface area contributed by atoms with E-state index < -0.39 is 12.2 Å². The quantitative estimate of drug-likeness (QED) is 0.914. The Bertz CT molecular complexity index is 587. The molecule has 1 aliphatic rings. The average molecular weight is 346 g/mol. The number of halogens is 3. The lowest BCUT2D eigenvalue weighted by Gasteiger charge is -2.38. The molecule has 0 aliphatic carbocycles. The van der Waals surface area contributed by atoms with E-state index in [4.69, 9.17) is 4.74 Å². The second-order valence-electron chi connectivity index (χ2n) is 5.74. The van der Waals surface area contributed by atoms with Gasteiger partial charge in [-0.2, -0.15) is 13.2 Å². The highest BCUT2D eigenvalue weighted by atomic mass is 19.4. The molecule has 1 unspecified atom stereocenters. The number of rotatable bonds is 3. The number of anilines is 1. The van der Waals surface area contributed by atoms with Crippen LogP contribution in [0.25, 0.3) is 0 Å². The third kappa shape index (κ3) is 4.28. The summed E-state index contributed by atoms with van der Waals surface area (Å²) in [5, 5.41) is 2.71. The first-order valence-electron chi connectivity index (χ1n) is 7.59. The SMILES string of the molecule is COc1ncc(C)cc1NC(=O)N1CCN(C(C)C(F)(F)F)CC1. The maximum absolute atomic E-state index is 12.7. The molecule has 2 heterocycles. The highest BCUT2D eigenvalue weighted by molar-refractivity contribution is 5.90. The molecule has 1 atom stereocenters. The number of aryl methyl sites for hydroxylation is 1. The number of pyridine rings is 1. The van der Waals surface area contributed by atoms with Gasteiger partial charge in [0, 0.05) is 32.4 Å². The minimum Gasteiger partial charge on any atom is -0.480 e. The molecule has 0 saturated carbocycles. The highest BCUT2D eigenvalue weighted by Gasteiger charge is 2.41. The van der Waals surface area contributed by atoms with E-state index in [2.05, 4.69) is 10.3 Å². The molecule has 1 fully saturated rings. The van der Waals surface area contributed by atoms with Crippen molar-refractivity contribution in [3.05, 3.63) is 17.8 Å². The summed E-state index contributed by atoms with van der Waals surface area (Å²) in [5.74, 6) is 0.290. The monoisotopic (exact) mass is 346 g/mol. The molecule has 0 radical (unpaired) electrons. The number of methoxy groups -OCH3 is 1. The van der Waals surface area contributed by atoms with Gasteiger partial charge in [-0.05, 0) is 25.5 Å². The van der Waals surface area contributed by atoms with E-state index in [0.29, 0.717) is 11.6 Å². The number of hydrogen-bond donors (Lipinski definition) is 1. The Balaban J connectivity index is 1.95. The number of ether oxygens (including phenoxy) is 1. The summed E-state index contributed by atoms with van der Waals surface area (Å²) >= 11 is 0. The Morgan fingerprint density at radius 2 is 1.96 bits per heavy atom. The molecule has 0 spiro atoms. The topological polar surface area (TPSA) is 57.7 Å². The van der Waals surface area contributed by atoms with Crippen LogP contribution in [0.4, 0.5) is 23.7 Å². The Kier molecular flexibility index (Phi) is 5.53. The molecule has 134 valence electrons. The maximum atomic E-state index is 12.7. The van der Waals surface area contributed by atoms with Gasteiger partial charge in [0.2, 0.25) is 5.88 Å². The zero-order chi connectivity index (χ0) is 17.9. The Labute approximate surface area is 138 Å². The van der Waals surface area contributed by atoms with Crippen LogP contribution in [0.2, 0.25) is 0 Å². The van der Waals surface area contributed by atoms with Crippen molar-refractivity contribution in [1.82, 2.24) is 14.8 Å². The first-order valence-corrected chi connectivity index (χ1v) is 7.59. The number of carbonyl (C=O) groups excluding carboxylic acids is 1. The molecular formula is C15H21F3N4O2. The first kappa shape index (κ1) is 18.3. The number of carbonyl (C=O) groups is 1.